The molecule has 2 atom stereocenters. The normalized spacial score (nSPS) is 17.5. The van der Waals surface area contributed by atoms with Crippen molar-refractivity contribution in [2.75, 3.05) is 18.4 Å². The Kier molecular flexibility index (Phi) is 6.43. The van der Waals surface area contributed by atoms with Gasteiger partial charge in [0.05, 0.1) is 17.2 Å². The van der Waals surface area contributed by atoms with Gasteiger partial charge in [-0.25, -0.2) is 0 Å². The number of nitrogens with one attached hydrogen (secondary N) is 1. The summed E-state index contributed by atoms with van der Waals surface area (Å²) in [5.41, 5.74) is -0.920. The highest BCUT2D eigenvalue weighted by Crippen LogP contribution is 2.34. The molecule has 0 amide bonds. The van der Waals surface area contributed by atoms with Gasteiger partial charge in [-0.3, -0.25) is 4.90 Å². The highest BCUT2D eigenvalue weighted by molar-refractivity contribution is 9.10. The van der Waals surface area contributed by atoms with Gasteiger partial charge in [-0.1, -0.05) is 22.0 Å². The van der Waals surface area contributed by atoms with E-state index >= 15 is 0 Å². The van der Waals surface area contributed by atoms with Gasteiger partial charge in [-0.15, -0.1) is 0 Å². The number of halogens is 4. The maximum Gasteiger partial charge on any atom is 0.417 e. The molecule has 9 heteroatoms. The monoisotopic (exact) mass is 483 g/mol. The number of anilines is 1. The summed E-state index contributed by atoms with van der Waals surface area (Å²) in [5.74, 6) is 0. The van der Waals surface area contributed by atoms with Crippen LogP contribution < -0.4 is 5.32 Å². The molecular formula is C21H21BrF3N3O2. The van der Waals surface area contributed by atoms with E-state index < -0.39 is 29.1 Å². The highest BCUT2D eigenvalue weighted by atomic mass is 79.9. The van der Waals surface area contributed by atoms with Crippen molar-refractivity contribution in [2.24, 2.45) is 0 Å². The number of aliphatic hydroxyl groups is 2. The number of hydrogen-bond acceptors (Lipinski definition) is 5. The van der Waals surface area contributed by atoms with Gasteiger partial charge in [0.25, 0.3) is 0 Å². The Bertz CT molecular complexity index is 973. The quantitative estimate of drug-likeness (QED) is 0.562. The van der Waals surface area contributed by atoms with Gasteiger partial charge in [0.2, 0.25) is 0 Å². The lowest BCUT2D eigenvalue weighted by molar-refractivity contribution is -0.137. The molecule has 0 bridgehead atoms. The van der Waals surface area contributed by atoms with Gasteiger partial charge in [0, 0.05) is 29.8 Å². The third-order valence-electron chi connectivity index (χ3n) is 5.14. The van der Waals surface area contributed by atoms with Crippen LogP contribution in [-0.4, -0.2) is 40.0 Å². The molecule has 1 aliphatic rings. The van der Waals surface area contributed by atoms with E-state index in [1.54, 1.807) is 0 Å². The second-order valence-electron chi connectivity index (χ2n) is 7.65. The van der Waals surface area contributed by atoms with Gasteiger partial charge in [0.15, 0.2) is 6.23 Å². The van der Waals surface area contributed by atoms with Crippen LogP contribution >= 0.6 is 15.9 Å². The molecule has 0 radical (unpaired) electrons. The Hall–Kier alpha value is -2.12. The summed E-state index contributed by atoms with van der Waals surface area (Å²) in [6.45, 7) is 2.83. The molecule has 0 aliphatic carbocycles. The number of fused-ring (bicyclic) bond motifs is 1. The average molecular weight is 484 g/mol. The Morgan fingerprint density at radius 1 is 1.23 bits per heavy atom. The fourth-order valence-electron chi connectivity index (χ4n) is 3.53. The number of nitrogens with zero attached hydrogens (tertiary/aromatic N) is 2. The zero-order chi connectivity index (χ0) is 22.1. The standard InChI is InChI=1S/C21H21BrF3N3O2/c1-20(30,12-28-7-6-13-8-16(22)4-2-15(13)11-28)19(29)27-17-5-3-14(10-26)18(9-17)21(23,24)25/h2-5,8-9,19,27,29-30H,6-7,11-12H2,1H3/t19?,20-/m0/s1. The predicted octanol–water partition coefficient (Wildman–Crippen LogP) is 3.88. The minimum absolute atomic E-state index is 0.0389. The number of rotatable bonds is 5. The van der Waals surface area contributed by atoms with Crippen molar-refractivity contribution in [3.05, 3.63) is 63.1 Å². The minimum Gasteiger partial charge on any atom is -0.384 e. The van der Waals surface area contributed by atoms with E-state index in [1.165, 1.54) is 24.6 Å². The SMILES string of the molecule is C[C@](O)(CN1CCc2cc(Br)ccc2C1)C(O)Nc1ccc(C#N)c(C(F)(F)F)c1. The number of hydrogen-bond donors (Lipinski definition) is 3. The summed E-state index contributed by atoms with van der Waals surface area (Å²) in [4.78, 5) is 1.99. The number of aliphatic hydroxyl groups excluding tert-OH is 1. The molecule has 1 unspecified atom stereocenters. The van der Waals surface area contributed by atoms with Crippen LogP contribution in [0.5, 0.6) is 0 Å². The molecule has 0 spiro atoms. The van der Waals surface area contributed by atoms with Crippen LogP contribution in [0.15, 0.2) is 40.9 Å². The first kappa shape index (κ1) is 22.6. The summed E-state index contributed by atoms with van der Waals surface area (Å²) >= 11 is 3.45. The van der Waals surface area contributed by atoms with Crippen molar-refractivity contribution in [3.8, 4) is 6.07 Å². The molecule has 30 heavy (non-hydrogen) atoms. The maximum atomic E-state index is 13.1. The van der Waals surface area contributed by atoms with Gasteiger partial charge >= 0.3 is 6.18 Å². The first-order valence-electron chi connectivity index (χ1n) is 9.27. The van der Waals surface area contributed by atoms with Crippen LogP contribution in [0.1, 0.15) is 29.2 Å². The summed E-state index contributed by atoms with van der Waals surface area (Å²) in [7, 11) is 0. The second-order valence-corrected chi connectivity index (χ2v) is 8.56. The number of nitriles is 1. The van der Waals surface area contributed by atoms with E-state index in [1.807, 2.05) is 17.0 Å². The molecule has 2 aromatic rings. The Balaban J connectivity index is 1.70. The molecule has 1 heterocycles. The molecule has 3 N–H and O–H groups in total. The molecule has 2 aromatic carbocycles. The van der Waals surface area contributed by atoms with E-state index in [9.17, 15) is 23.4 Å². The topological polar surface area (TPSA) is 79.5 Å². The van der Waals surface area contributed by atoms with Crippen LogP contribution in [0.2, 0.25) is 0 Å². The largest absolute Gasteiger partial charge is 0.417 e. The van der Waals surface area contributed by atoms with Crippen molar-refractivity contribution in [1.29, 1.82) is 5.26 Å². The van der Waals surface area contributed by atoms with E-state index in [0.717, 1.165) is 28.6 Å². The van der Waals surface area contributed by atoms with Crippen molar-refractivity contribution < 1.29 is 23.4 Å². The lowest BCUT2D eigenvalue weighted by atomic mass is 9.97. The number of alkyl halides is 3. The van der Waals surface area contributed by atoms with Crippen molar-refractivity contribution >= 4 is 21.6 Å². The first-order valence-corrected chi connectivity index (χ1v) is 10.1. The molecule has 0 aromatic heterocycles. The van der Waals surface area contributed by atoms with Crippen molar-refractivity contribution in [2.45, 2.75) is 37.9 Å². The zero-order valence-electron chi connectivity index (χ0n) is 16.2. The van der Waals surface area contributed by atoms with Crippen molar-refractivity contribution in [3.63, 3.8) is 0 Å². The summed E-state index contributed by atoms with van der Waals surface area (Å²) in [6, 6.07) is 10.6. The zero-order valence-corrected chi connectivity index (χ0v) is 17.8. The first-order chi connectivity index (χ1) is 14.0. The molecule has 160 valence electrons. The second kappa shape index (κ2) is 8.55. The van der Waals surface area contributed by atoms with Crippen molar-refractivity contribution in [1.82, 2.24) is 4.90 Å². The van der Waals surface area contributed by atoms with Crippen LogP contribution in [0.4, 0.5) is 18.9 Å². The Morgan fingerprint density at radius 2 is 1.97 bits per heavy atom. The fourth-order valence-corrected chi connectivity index (χ4v) is 3.94. The lowest BCUT2D eigenvalue weighted by Gasteiger charge is -2.37. The Labute approximate surface area is 180 Å². The molecule has 0 saturated heterocycles. The van der Waals surface area contributed by atoms with Gasteiger partial charge in [-0.2, -0.15) is 18.4 Å². The smallest absolute Gasteiger partial charge is 0.384 e. The third-order valence-corrected chi connectivity index (χ3v) is 5.63. The van der Waals surface area contributed by atoms with Crippen LogP contribution in [0.3, 0.4) is 0 Å². The van der Waals surface area contributed by atoms with Gasteiger partial charge in [-0.05, 0) is 54.8 Å². The summed E-state index contributed by atoms with van der Waals surface area (Å²) in [6.07, 6.45) is -5.43. The summed E-state index contributed by atoms with van der Waals surface area (Å²) in [5, 5.41) is 32.7. The molecule has 1 aliphatic heterocycles. The van der Waals surface area contributed by atoms with Gasteiger partial charge < -0.3 is 15.5 Å². The van der Waals surface area contributed by atoms with Crippen LogP contribution in [0, 0.1) is 11.3 Å². The fraction of sp³-hybridized carbons (Fsp3) is 0.381. The number of β-amino-alcohol motifs (C(OH)–C–C–N with tert-alkyl or cyclic N) is 1. The van der Waals surface area contributed by atoms with E-state index in [4.69, 9.17) is 5.26 Å². The predicted molar refractivity (Wildman–Crippen MR) is 110 cm³/mol. The van der Waals surface area contributed by atoms with E-state index in [2.05, 4.69) is 27.3 Å². The minimum atomic E-state index is -4.70. The molecule has 0 saturated carbocycles. The third kappa shape index (κ3) is 5.13. The average Bonchev–Trinajstić information content (AvgIpc) is 2.67. The number of benzene rings is 2. The van der Waals surface area contributed by atoms with Gasteiger partial charge in [0.1, 0.15) is 5.60 Å². The van der Waals surface area contributed by atoms with E-state index in [-0.39, 0.29) is 12.2 Å². The van der Waals surface area contributed by atoms with E-state index in [0.29, 0.717) is 13.1 Å². The molecular weight excluding hydrogens is 463 g/mol. The summed E-state index contributed by atoms with van der Waals surface area (Å²) < 4.78 is 40.4. The molecule has 5 nitrogen and oxygen atoms in total. The molecule has 0 fully saturated rings. The highest BCUT2D eigenvalue weighted by Gasteiger charge is 2.36. The lowest BCUT2D eigenvalue weighted by Crippen LogP contribution is -2.53. The molecule has 3 rings (SSSR count). The van der Waals surface area contributed by atoms with Crippen LogP contribution in [0.25, 0.3) is 0 Å². The Morgan fingerprint density at radius 3 is 2.63 bits per heavy atom. The van der Waals surface area contributed by atoms with Crippen LogP contribution in [-0.2, 0) is 19.1 Å². The maximum absolute atomic E-state index is 13.1.